The van der Waals surface area contributed by atoms with Crippen LogP contribution in [0.1, 0.15) is 18.4 Å². The van der Waals surface area contributed by atoms with E-state index in [1.54, 1.807) is 18.2 Å². The number of benzene rings is 1. The van der Waals surface area contributed by atoms with Gasteiger partial charge in [0.05, 0.1) is 0 Å². The number of hydrogen-bond donors (Lipinski definition) is 1. The molecule has 1 fully saturated rings. The second-order valence-electron chi connectivity index (χ2n) is 4.25. The summed E-state index contributed by atoms with van der Waals surface area (Å²) >= 11 is 0. The minimum Gasteiger partial charge on any atom is -0.375 e. The molecular weight excluding hydrogens is 247 g/mol. The zero-order valence-corrected chi connectivity index (χ0v) is 9.44. The van der Waals surface area contributed by atoms with Crippen LogP contribution in [0.3, 0.4) is 0 Å². The number of piperidine rings is 1. The molecule has 1 N–H and O–H groups in total. The van der Waals surface area contributed by atoms with Crippen molar-refractivity contribution in [2.24, 2.45) is 0 Å². The van der Waals surface area contributed by atoms with E-state index in [4.69, 9.17) is 0 Å². The highest BCUT2D eigenvalue weighted by Gasteiger charge is 2.52. The van der Waals surface area contributed by atoms with E-state index in [0.29, 0.717) is 0 Å². The molecule has 0 spiro atoms. The number of carbonyl (C=O) groups is 1. The van der Waals surface area contributed by atoms with Gasteiger partial charge in [-0.3, -0.25) is 9.69 Å². The Kier molecular flexibility index (Phi) is 3.06. The lowest BCUT2D eigenvalue weighted by molar-refractivity contribution is -0.255. The van der Waals surface area contributed by atoms with Crippen LogP contribution in [-0.2, 0) is 10.4 Å². The second-order valence-corrected chi connectivity index (χ2v) is 4.25. The van der Waals surface area contributed by atoms with Gasteiger partial charge in [0.15, 0.2) is 5.60 Å². The fourth-order valence-electron chi connectivity index (χ4n) is 2.15. The third kappa shape index (κ3) is 2.08. The van der Waals surface area contributed by atoms with Crippen LogP contribution >= 0.6 is 0 Å². The SMILES string of the molecule is O=C1N(C(F)(F)F)CCCC1(O)c1ccccc1. The predicted molar refractivity (Wildman–Crippen MR) is 57.3 cm³/mol. The van der Waals surface area contributed by atoms with Crippen molar-refractivity contribution < 1.29 is 23.1 Å². The Balaban J connectivity index is 2.37. The predicted octanol–water partition coefficient (Wildman–Crippen LogP) is 2.02. The lowest BCUT2D eigenvalue weighted by Crippen LogP contribution is -2.56. The Morgan fingerprint density at radius 2 is 1.83 bits per heavy atom. The third-order valence-corrected chi connectivity index (χ3v) is 3.08. The zero-order valence-electron chi connectivity index (χ0n) is 9.44. The van der Waals surface area contributed by atoms with Crippen molar-refractivity contribution in [1.29, 1.82) is 0 Å². The monoisotopic (exact) mass is 259 g/mol. The van der Waals surface area contributed by atoms with Crippen LogP contribution < -0.4 is 0 Å². The molecular formula is C12H12F3NO2. The molecule has 0 aliphatic carbocycles. The van der Waals surface area contributed by atoms with E-state index in [2.05, 4.69) is 0 Å². The smallest absolute Gasteiger partial charge is 0.375 e. The molecule has 1 aliphatic heterocycles. The summed E-state index contributed by atoms with van der Waals surface area (Å²) in [7, 11) is 0. The highest BCUT2D eigenvalue weighted by molar-refractivity contribution is 5.87. The Morgan fingerprint density at radius 3 is 2.39 bits per heavy atom. The first kappa shape index (κ1) is 12.9. The average Bonchev–Trinajstić information content (AvgIpc) is 2.32. The van der Waals surface area contributed by atoms with Crippen molar-refractivity contribution in [1.82, 2.24) is 4.90 Å². The highest BCUT2D eigenvalue weighted by atomic mass is 19.4. The van der Waals surface area contributed by atoms with E-state index in [-0.39, 0.29) is 23.3 Å². The third-order valence-electron chi connectivity index (χ3n) is 3.08. The topological polar surface area (TPSA) is 40.5 Å². The molecule has 18 heavy (non-hydrogen) atoms. The molecule has 6 heteroatoms. The Bertz CT molecular complexity index is 446. The number of nitrogens with zero attached hydrogens (tertiary/aromatic N) is 1. The van der Waals surface area contributed by atoms with Crippen LogP contribution in [-0.4, -0.2) is 28.8 Å². The summed E-state index contributed by atoms with van der Waals surface area (Å²) in [4.78, 5) is 11.6. The number of halogens is 3. The van der Waals surface area contributed by atoms with Gasteiger partial charge >= 0.3 is 6.30 Å². The van der Waals surface area contributed by atoms with Gasteiger partial charge in [-0.05, 0) is 18.4 Å². The number of alkyl halides is 3. The van der Waals surface area contributed by atoms with Crippen LogP contribution in [0.25, 0.3) is 0 Å². The number of rotatable bonds is 1. The van der Waals surface area contributed by atoms with Crippen LogP contribution in [0.15, 0.2) is 30.3 Å². The molecule has 1 aliphatic rings. The van der Waals surface area contributed by atoms with E-state index in [1.807, 2.05) is 0 Å². The average molecular weight is 259 g/mol. The second kappa shape index (κ2) is 4.28. The van der Waals surface area contributed by atoms with E-state index >= 15 is 0 Å². The van der Waals surface area contributed by atoms with E-state index in [0.717, 1.165) is 0 Å². The van der Waals surface area contributed by atoms with Crippen LogP contribution in [0.5, 0.6) is 0 Å². The number of likely N-dealkylation sites (tertiary alicyclic amines) is 1. The maximum Gasteiger partial charge on any atom is 0.487 e. The summed E-state index contributed by atoms with van der Waals surface area (Å²) in [6.07, 6.45) is -4.64. The Hall–Kier alpha value is -1.56. The number of hydrogen-bond acceptors (Lipinski definition) is 2. The Morgan fingerprint density at radius 1 is 1.22 bits per heavy atom. The van der Waals surface area contributed by atoms with Crippen molar-refractivity contribution >= 4 is 5.91 Å². The minimum atomic E-state index is -4.75. The normalized spacial score (nSPS) is 25.3. The lowest BCUT2D eigenvalue weighted by Gasteiger charge is -2.38. The molecule has 1 unspecified atom stereocenters. The van der Waals surface area contributed by atoms with Crippen molar-refractivity contribution in [3.05, 3.63) is 35.9 Å². The molecule has 1 aromatic rings. The Labute approximate surface area is 102 Å². The molecule has 1 heterocycles. The van der Waals surface area contributed by atoms with Gasteiger partial charge in [-0.1, -0.05) is 30.3 Å². The van der Waals surface area contributed by atoms with Gasteiger partial charge in [-0.15, -0.1) is 13.2 Å². The minimum absolute atomic E-state index is 0.00241. The molecule has 1 saturated heterocycles. The maximum absolute atomic E-state index is 12.6. The van der Waals surface area contributed by atoms with E-state index < -0.39 is 24.4 Å². The van der Waals surface area contributed by atoms with Gasteiger partial charge in [-0.2, -0.15) is 0 Å². The molecule has 3 nitrogen and oxygen atoms in total. The summed E-state index contributed by atoms with van der Waals surface area (Å²) in [5.74, 6) is -1.30. The fourth-order valence-corrected chi connectivity index (χ4v) is 2.15. The zero-order chi connectivity index (χ0) is 13.4. The number of carbonyl (C=O) groups excluding carboxylic acids is 1. The summed E-state index contributed by atoms with van der Waals surface area (Å²) < 4.78 is 37.9. The standard InChI is InChI=1S/C12H12F3NO2/c13-12(14,15)16-8-4-7-11(18,10(16)17)9-5-2-1-3-6-9/h1-3,5-6,18H,4,7-8H2. The maximum atomic E-state index is 12.6. The van der Waals surface area contributed by atoms with Gasteiger partial charge < -0.3 is 5.11 Å². The summed E-state index contributed by atoms with van der Waals surface area (Å²) in [6.45, 7) is -0.405. The van der Waals surface area contributed by atoms with Crippen LogP contribution in [0.4, 0.5) is 13.2 Å². The van der Waals surface area contributed by atoms with Crippen molar-refractivity contribution in [3.8, 4) is 0 Å². The first-order valence-corrected chi connectivity index (χ1v) is 5.52. The molecule has 2 rings (SSSR count). The van der Waals surface area contributed by atoms with Gasteiger partial charge in [0.2, 0.25) is 0 Å². The lowest BCUT2D eigenvalue weighted by atomic mass is 9.85. The van der Waals surface area contributed by atoms with E-state index in [9.17, 15) is 23.1 Å². The molecule has 1 atom stereocenters. The molecule has 1 aromatic carbocycles. The first-order valence-electron chi connectivity index (χ1n) is 5.52. The first-order chi connectivity index (χ1) is 8.36. The highest BCUT2D eigenvalue weighted by Crippen LogP contribution is 2.37. The molecule has 98 valence electrons. The summed E-state index contributed by atoms with van der Waals surface area (Å²) in [5.41, 5.74) is -1.88. The molecule has 1 amide bonds. The fraction of sp³-hybridized carbons (Fsp3) is 0.417. The largest absolute Gasteiger partial charge is 0.487 e. The van der Waals surface area contributed by atoms with Gasteiger partial charge in [0.1, 0.15) is 0 Å². The number of amides is 1. The summed E-state index contributed by atoms with van der Waals surface area (Å²) in [5, 5.41) is 10.3. The molecule has 0 aromatic heterocycles. The quantitative estimate of drug-likeness (QED) is 0.784. The van der Waals surface area contributed by atoms with Crippen molar-refractivity contribution in [3.63, 3.8) is 0 Å². The van der Waals surface area contributed by atoms with Gasteiger partial charge in [-0.25, -0.2) is 0 Å². The van der Waals surface area contributed by atoms with Crippen LogP contribution in [0.2, 0.25) is 0 Å². The van der Waals surface area contributed by atoms with Crippen LogP contribution in [0, 0.1) is 0 Å². The van der Waals surface area contributed by atoms with Gasteiger partial charge in [0, 0.05) is 6.54 Å². The van der Waals surface area contributed by atoms with E-state index in [1.165, 1.54) is 12.1 Å². The van der Waals surface area contributed by atoms with Crippen molar-refractivity contribution in [2.75, 3.05) is 6.54 Å². The molecule has 0 bridgehead atoms. The van der Waals surface area contributed by atoms with Crippen molar-refractivity contribution in [2.45, 2.75) is 24.7 Å². The summed E-state index contributed by atoms with van der Waals surface area (Å²) in [6, 6.07) is 7.73. The van der Waals surface area contributed by atoms with Gasteiger partial charge in [0.25, 0.3) is 5.91 Å². The number of aliphatic hydroxyl groups is 1. The molecule has 0 saturated carbocycles. The molecule has 0 radical (unpaired) electrons.